The van der Waals surface area contributed by atoms with Gasteiger partial charge >= 0.3 is 5.97 Å². The van der Waals surface area contributed by atoms with Crippen LogP contribution in [0.5, 0.6) is 5.75 Å². The Morgan fingerprint density at radius 1 is 0.925 bits per heavy atom. The molecule has 4 rings (SSSR count). The van der Waals surface area contributed by atoms with Gasteiger partial charge in [-0.2, -0.15) is 0 Å². The highest BCUT2D eigenvalue weighted by atomic mass is 16.5. The van der Waals surface area contributed by atoms with E-state index in [0.29, 0.717) is 34.7 Å². The lowest BCUT2D eigenvalue weighted by Gasteiger charge is -2.26. The summed E-state index contributed by atoms with van der Waals surface area (Å²) in [4.78, 5) is 40.6. The second kappa shape index (κ2) is 11.4. The van der Waals surface area contributed by atoms with Crippen LogP contribution in [0.1, 0.15) is 73.3 Å². The molecule has 1 aliphatic rings. The number of nitrogens with zero attached hydrogens (tertiary/aromatic N) is 1. The maximum Gasteiger partial charge on any atom is 0.338 e. The standard InChI is InChI=1S/C33H35NO6/c1-7-39-26-17-14-23(19-25(26)33(4,5)6)29(35)27-28(22-11-9-10-20(3)18-22)34(31(37)30(27)36)24-15-12-21(13-16-24)32(38)40-8-2/h9-19,28,35H,7-8H2,1-6H3/b29-27-. The number of carbonyl (C=O) groups is 3. The maximum atomic E-state index is 13.6. The van der Waals surface area contributed by atoms with Crippen LogP contribution in [0.4, 0.5) is 5.69 Å². The highest BCUT2D eigenvalue weighted by Gasteiger charge is 2.47. The number of Topliss-reactive ketones (excluding diaryl/α,β-unsaturated/α-hetero) is 1. The van der Waals surface area contributed by atoms with Crippen LogP contribution < -0.4 is 9.64 Å². The highest BCUT2D eigenvalue weighted by molar-refractivity contribution is 6.51. The summed E-state index contributed by atoms with van der Waals surface area (Å²) in [6.07, 6.45) is 0. The van der Waals surface area contributed by atoms with E-state index in [-0.39, 0.29) is 23.4 Å². The zero-order valence-corrected chi connectivity index (χ0v) is 23.8. The fraction of sp³-hybridized carbons (Fsp3) is 0.303. The number of ether oxygens (including phenoxy) is 2. The van der Waals surface area contributed by atoms with E-state index in [0.717, 1.165) is 11.1 Å². The van der Waals surface area contributed by atoms with Gasteiger partial charge in [0.15, 0.2) is 0 Å². The molecule has 0 saturated carbocycles. The summed E-state index contributed by atoms with van der Waals surface area (Å²) >= 11 is 0. The molecule has 7 heteroatoms. The number of aryl methyl sites for hydroxylation is 1. The topological polar surface area (TPSA) is 93.1 Å². The zero-order chi connectivity index (χ0) is 29.2. The van der Waals surface area contributed by atoms with Crippen molar-refractivity contribution in [3.05, 3.63) is 100 Å². The smallest absolute Gasteiger partial charge is 0.338 e. The second-order valence-electron chi connectivity index (χ2n) is 10.7. The number of esters is 1. The third-order valence-corrected chi connectivity index (χ3v) is 6.82. The summed E-state index contributed by atoms with van der Waals surface area (Å²) in [7, 11) is 0. The molecule has 0 aliphatic carbocycles. The van der Waals surface area contributed by atoms with Gasteiger partial charge in [0.25, 0.3) is 11.7 Å². The molecule has 1 aliphatic heterocycles. The Balaban J connectivity index is 1.90. The van der Waals surface area contributed by atoms with E-state index in [1.165, 1.54) is 4.90 Å². The Morgan fingerprint density at radius 2 is 1.60 bits per heavy atom. The molecule has 1 heterocycles. The van der Waals surface area contributed by atoms with Crippen molar-refractivity contribution in [2.24, 2.45) is 0 Å². The predicted octanol–water partition coefficient (Wildman–Crippen LogP) is 6.49. The molecule has 1 N–H and O–H groups in total. The third-order valence-electron chi connectivity index (χ3n) is 6.82. The molecular weight excluding hydrogens is 506 g/mol. The van der Waals surface area contributed by atoms with Crippen LogP contribution >= 0.6 is 0 Å². The summed E-state index contributed by atoms with van der Waals surface area (Å²) in [6, 6.07) is 18.2. The van der Waals surface area contributed by atoms with E-state index in [9.17, 15) is 19.5 Å². The van der Waals surface area contributed by atoms with Crippen molar-refractivity contribution in [3.8, 4) is 5.75 Å². The molecule has 1 saturated heterocycles. The van der Waals surface area contributed by atoms with Gasteiger partial charge in [-0.1, -0.05) is 50.6 Å². The van der Waals surface area contributed by atoms with Crippen molar-refractivity contribution >= 4 is 29.1 Å². The Kier molecular flexibility index (Phi) is 8.14. The van der Waals surface area contributed by atoms with Crippen LogP contribution in [0.2, 0.25) is 0 Å². The van der Waals surface area contributed by atoms with Gasteiger partial charge in [0.2, 0.25) is 0 Å². The molecule has 7 nitrogen and oxygen atoms in total. The molecule has 1 atom stereocenters. The number of amides is 1. The molecule has 208 valence electrons. The molecule has 40 heavy (non-hydrogen) atoms. The van der Waals surface area contributed by atoms with Crippen LogP contribution in [-0.4, -0.2) is 36.0 Å². The molecule has 0 aromatic heterocycles. The third kappa shape index (κ3) is 5.50. The van der Waals surface area contributed by atoms with Crippen molar-refractivity contribution in [1.82, 2.24) is 0 Å². The van der Waals surface area contributed by atoms with Gasteiger partial charge in [0.1, 0.15) is 11.5 Å². The first-order chi connectivity index (χ1) is 19.0. The molecule has 0 radical (unpaired) electrons. The normalized spacial score (nSPS) is 16.8. The Labute approximate surface area is 235 Å². The summed E-state index contributed by atoms with van der Waals surface area (Å²) in [5.41, 5.74) is 3.35. The van der Waals surface area contributed by atoms with E-state index >= 15 is 0 Å². The first-order valence-corrected chi connectivity index (χ1v) is 13.4. The van der Waals surface area contributed by atoms with Crippen LogP contribution in [0.3, 0.4) is 0 Å². The number of hydrogen-bond donors (Lipinski definition) is 1. The number of benzene rings is 3. The SMILES string of the molecule is CCOC(=O)c1ccc(N2C(=O)C(=O)/C(=C(\O)c3ccc(OCC)c(C(C)(C)C)c3)C2c2cccc(C)c2)cc1. The van der Waals surface area contributed by atoms with Gasteiger partial charge in [-0.05, 0) is 74.2 Å². The average Bonchev–Trinajstić information content (AvgIpc) is 3.18. The van der Waals surface area contributed by atoms with E-state index in [4.69, 9.17) is 9.47 Å². The van der Waals surface area contributed by atoms with Gasteiger partial charge in [-0.25, -0.2) is 4.79 Å². The second-order valence-corrected chi connectivity index (χ2v) is 10.7. The van der Waals surface area contributed by atoms with Crippen molar-refractivity contribution in [1.29, 1.82) is 0 Å². The highest BCUT2D eigenvalue weighted by Crippen LogP contribution is 2.43. The Bertz CT molecular complexity index is 1480. The fourth-order valence-corrected chi connectivity index (χ4v) is 4.93. The summed E-state index contributed by atoms with van der Waals surface area (Å²) in [5.74, 6) is -1.59. The van der Waals surface area contributed by atoms with Crippen LogP contribution in [-0.2, 0) is 19.7 Å². The summed E-state index contributed by atoms with van der Waals surface area (Å²) in [6.45, 7) is 12.4. The lowest BCUT2D eigenvalue weighted by atomic mass is 9.84. The molecule has 3 aromatic carbocycles. The molecule has 1 amide bonds. The quantitative estimate of drug-likeness (QED) is 0.159. The number of rotatable bonds is 7. The molecular formula is C33H35NO6. The zero-order valence-electron chi connectivity index (χ0n) is 23.8. The van der Waals surface area contributed by atoms with Crippen LogP contribution in [0, 0.1) is 6.92 Å². The Morgan fingerprint density at radius 3 is 2.20 bits per heavy atom. The largest absolute Gasteiger partial charge is 0.507 e. The molecule has 0 spiro atoms. The predicted molar refractivity (Wildman–Crippen MR) is 155 cm³/mol. The van der Waals surface area contributed by atoms with Gasteiger partial charge in [-0.3, -0.25) is 14.5 Å². The number of hydrogen-bond acceptors (Lipinski definition) is 6. The Hall–Kier alpha value is -4.39. The monoisotopic (exact) mass is 541 g/mol. The van der Waals surface area contributed by atoms with Gasteiger partial charge in [-0.15, -0.1) is 0 Å². The fourth-order valence-electron chi connectivity index (χ4n) is 4.93. The number of carbonyl (C=O) groups excluding carboxylic acids is 3. The first-order valence-electron chi connectivity index (χ1n) is 13.4. The molecule has 1 unspecified atom stereocenters. The molecule has 1 fully saturated rings. The van der Waals surface area contributed by atoms with Gasteiger partial charge in [0, 0.05) is 16.8 Å². The number of aliphatic hydroxyl groups is 1. The first kappa shape index (κ1) is 28.6. The summed E-state index contributed by atoms with van der Waals surface area (Å²) < 4.78 is 10.9. The van der Waals surface area contributed by atoms with Crippen LogP contribution in [0.15, 0.2) is 72.3 Å². The molecule has 3 aromatic rings. The van der Waals surface area contributed by atoms with Crippen molar-refractivity contribution in [2.75, 3.05) is 18.1 Å². The minimum absolute atomic E-state index is 0.00547. The van der Waals surface area contributed by atoms with E-state index in [1.54, 1.807) is 43.3 Å². The number of ketones is 1. The minimum atomic E-state index is -0.877. The maximum absolute atomic E-state index is 13.6. The van der Waals surface area contributed by atoms with Gasteiger partial charge < -0.3 is 14.6 Å². The van der Waals surface area contributed by atoms with Gasteiger partial charge in [0.05, 0.1) is 30.4 Å². The number of aliphatic hydroxyl groups excluding tert-OH is 1. The lowest BCUT2D eigenvalue weighted by molar-refractivity contribution is -0.132. The van der Waals surface area contributed by atoms with Crippen molar-refractivity contribution < 1.29 is 29.0 Å². The summed E-state index contributed by atoms with van der Waals surface area (Å²) in [5, 5.41) is 11.6. The van der Waals surface area contributed by atoms with Crippen molar-refractivity contribution in [2.45, 2.75) is 53.0 Å². The van der Waals surface area contributed by atoms with E-state index in [1.807, 2.05) is 65.0 Å². The lowest BCUT2D eigenvalue weighted by Crippen LogP contribution is -2.29. The van der Waals surface area contributed by atoms with E-state index < -0.39 is 23.7 Å². The van der Waals surface area contributed by atoms with Crippen molar-refractivity contribution in [3.63, 3.8) is 0 Å². The number of anilines is 1. The minimum Gasteiger partial charge on any atom is -0.507 e. The van der Waals surface area contributed by atoms with E-state index in [2.05, 4.69) is 0 Å². The molecule has 0 bridgehead atoms. The average molecular weight is 542 g/mol. The van der Waals surface area contributed by atoms with Crippen LogP contribution in [0.25, 0.3) is 5.76 Å².